The van der Waals surface area contributed by atoms with Gasteiger partial charge in [-0.1, -0.05) is 25.5 Å². The molecule has 3 rings (SSSR count). The Labute approximate surface area is 150 Å². The molecule has 25 heavy (non-hydrogen) atoms. The molecule has 5 nitrogen and oxygen atoms in total. The fourth-order valence-electron chi connectivity index (χ4n) is 2.84. The smallest absolute Gasteiger partial charge is 0.264 e. The average Bonchev–Trinajstić information content (AvgIpc) is 2.95. The first-order valence-corrected chi connectivity index (χ1v) is 9.14. The number of nitrogens with one attached hydrogen (secondary N) is 1. The highest BCUT2D eigenvalue weighted by Crippen LogP contribution is 2.24. The number of carbonyl (C=O) groups excluding carboxylic acids is 1. The van der Waals surface area contributed by atoms with Crippen molar-refractivity contribution in [2.24, 2.45) is 0 Å². The molecule has 6 heteroatoms. The summed E-state index contributed by atoms with van der Waals surface area (Å²) in [5.74, 6) is 0.438. The molecule has 0 aliphatic rings. The van der Waals surface area contributed by atoms with Gasteiger partial charge in [0.15, 0.2) is 0 Å². The van der Waals surface area contributed by atoms with Crippen LogP contribution in [0.4, 0.5) is 0 Å². The Morgan fingerprint density at radius 3 is 2.84 bits per heavy atom. The van der Waals surface area contributed by atoms with Gasteiger partial charge in [0.1, 0.15) is 5.82 Å². The van der Waals surface area contributed by atoms with E-state index in [2.05, 4.69) is 23.8 Å². The number of H-pyrrole nitrogens is 1. The maximum absolute atomic E-state index is 12.7. The van der Waals surface area contributed by atoms with Gasteiger partial charge in [0.25, 0.3) is 11.5 Å². The number of para-hydroxylation sites is 1. The van der Waals surface area contributed by atoms with Gasteiger partial charge in [-0.3, -0.25) is 9.59 Å². The summed E-state index contributed by atoms with van der Waals surface area (Å²) in [4.78, 5) is 35.6. The van der Waals surface area contributed by atoms with Crippen LogP contribution < -0.4 is 5.56 Å². The molecule has 0 spiro atoms. The van der Waals surface area contributed by atoms with E-state index in [-0.39, 0.29) is 18.0 Å². The number of amides is 1. The van der Waals surface area contributed by atoms with Crippen molar-refractivity contribution in [2.45, 2.75) is 33.2 Å². The molecule has 0 saturated heterocycles. The number of rotatable bonds is 5. The second-order valence-electron chi connectivity index (χ2n) is 6.13. The van der Waals surface area contributed by atoms with Gasteiger partial charge in [-0.25, -0.2) is 4.98 Å². The van der Waals surface area contributed by atoms with Crippen molar-refractivity contribution >= 4 is 28.1 Å². The molecule has 0 radical (unpaired) electrons. The molecule has 0 bridgehead atoms. The monoisotopic (exact) mass is 355 g/mol. The Morgan fingerprint density at radius 1 is 1.32 bits per heavy atom. The Balaban J connectivity index is 1.82. The number of hydrogen-bond acceptors (Lipinski definition) is 4. The number of nitrogens with zero attached hydrogens (tertiary/aromatic N) is 2. The summed E-state index contributed by atoms with van der Waals surface area (Å²) in [6.07, 6.45) is 2.04. The molecule has 1 N–H and O–H groups in total. The SMILES string of the molecule is CCCc1cc(C(=O)N(C)Cc2nc3ccccc3c(=O)[nH]2)sc1C. The van der Waals surface area contributed by atoms with Gasteiger partial charge in [0.05, 0.1) is 22.3 Å². The first-order chi connectivity index (χ1) is 12.0. The first-order valence-electron chi connectivity index (χ1n) is 8.32. The Kier molecular flexibility index (Phi) is 4.99. The van der Waals surface area contributed by atoms with E-state index in [4.69, 9.17) is 0 Å². The molecule has 3 aromatic rings. The van der Waals surface area contributed by atoms with Crippen molar-refractivity contribution < 1.29 is 4.79 Å². The highest BCUT2D eigenvalue weighted by molar-refractivity contribution is 7.14. The zero-order valence-corrected chi connectivity index (χ0v) is 15.4. The van der Waals surface area contributed by atoms with Crippen LogP contribution in [-0.2, 0) is 13.0 Å². The lowest BCUT2D eigenvalue weighted by atomic mass is 10.1. The summed E-state index contributed by atoms with van der Waals surface area (Å²) in [6, 6.07) is 9.18. The highest BCUT2D eigenvalue weighted by Gasteiger charge is 2.17. The molecule has 0 saturated carbocycles. The number of aromatic amines is 1. The molecule has 0 atom stereocenters. The third-order valence-electron chi connectivity index (χ3n) is 4.15. The molecule has 0 aliphatic heterocycles. The van der Waals surface area contributed by atoms with E-state index in [0.29, 0.717) is 16.7 Å². The van der Waals surface area contributed by atoms with Crippen molar-refractivity contribution in [3.8, 4) is 0 Å². The second kappa shape index (κ2) is 7.19. The van der Waals surface area contributed by atoms with Crippen LogP contribution in [-0.4, -0.2) is 27.8 Å². The summed E-state index contributed by atoms with van der Waals surface area (Å²) in [5.41, 5.74) is 1.69. The van der Waals surface area contributed by atoms with Crippen LogP contribution in [0.2, 0.25) is 0 Å². The predicted molar refractivity (Wildman–Crippen MR) is 101 cm³/mol. The number of hydrogen-bond donors (Lipinski definition) is 1. The molecule has 1 amide bonds. The van der Waals surface area contributed by atoms with Crippen molar-refractivity contribution in [2.75, 3.05) is 7.05 Å². The van der Waals surface area contributed by atoms with Gasteiger partial charge in [0, 0.05) is 11.9 Å². The fraction of sp³-hybridized carbons (Fsp3) is 0.316. The summed E-state index contributed by atoms with van der Waals surface area (Å²) < 4.78 is 0. The lowest BCUT2D eigenvalue weighted by Gasteiger charge is -2.15. The Hall–Kier alpha value is -2.47. The molecule has 2 aromatic heterocycles. The van der Waals surface area contributed by atoms with E-state index >= 15 is 0 Å². The van der Waals surface area contributed by atoms with E-state index in [1.807, 2.05) is 18.2 Å². The van der Waals surface area contributed by atoms with E-state index < -0.39 is 0 Å². The van der Waals surface area contributed by atoms with Crippen molar-refractivity contribution in [1.82, 2.24) is 14.9 Å². The van der Waals surface area contributed by atoms with Crippen LogP contribution in [0.15, 0.2) is 35.1 Å². The van der Waals surface area contributed by atoms with Gasteiger partial charge in [-0.05, 0) is 37.1 Å². The minimum Gasteiger partial charge on any atom is -0.334 e. The third kappa shape index (κ3) is 3.64. The molecular weight excluding hydrogens is 334 g/mol. The van der Waals surface area contributed by atoms with Crippen LogP contribution >= 0.6 is 11.3 Å². The molecule has 0 unspecified atom stereocenters. The summed E-state index contributed by atoms with van der Waals surface area (Å²) in [5, 5.41) is 0.554. The maximum atomic E-state index is 12.7. The number of benzene rings is 1. The van der Waals surface area contributed by atoms with E-state index in [0.717, 1.165) is 17.7 Å². The Morgan fingerprint density at radius 2 is 2.08 bits per heavy atom. The zero-order chi connectivity index (χ0) is 18.0. The van der Waals surface area contributed by atoms with Gasteiger partial charge in [-0.2, -0.15) is 0 Å². The molecular formula is C19H21N3O2S. The van der Waals surface area contributed by atoms with E-state index in [1.54, 1.807) is 24.1 Å². The van der Waals surface area contributed by atoms with Crippen molar-refractivity contribution in [1.29, 1.82) is 0 Å². The number of aromatic nitrogens is 2. The normalized spacial score (nSPS) is 11.0. The minimum absolute atomic E-state index is 0.0498. The van der Waals surface area contributed by atoms with E-state index in [9.17, 15) is 9.59 Å². The number of fused-ring (bicyclic) bond motifs is 1. The minimum atomic E-state index is -0.182. The first kappa shape index (κ1) is 17.4. The standard InChI is InChI=1S/C19H21N3O2S/c1-4-7-13-10-16(25-12(13)2)19(24)22(3)11-17-20-15-9-6-5-8-14(15)18(23)21-17/h5-6,8-10H,4,7,11H2,1-3H3,(H,20,21,23). The van der Waals surface area contributed by atoms with Crippen LogP contribution in [0.25, 0.3) is 10.9 Å². The molecule has 0 fully saturated rings. The van der Waals surface area contributed by atoms with Gasteiger partial charge in [-0.15, -0.1) is 11.3 Å². The summed E-state index contributed by atoms with van der Waals surface area (Å²) in [6.45, 7) is 4.44. The topological polar surface area (TPSA) is 66.1 Å². The van der Waals surface area contributed by atoms with Crippen LogP contribution in [0.5, 0.6) is 0 Å². The Bertz CT molecular complexity index is 974. The predicted octanol–water partition coefficient (Wildman–Crippen LogP) is 3.52. The number of aryl methyl sites for hydroxylation is 2. The quantitative estimate of drug-likeness (QED) is 0.761. The van der Waals surface area contributed by atoms with Gasteiger partial charge < -0.3 is 9.88 Å². The molecule has 1 aromatic carbocycles. The largest absolute Gasteiger partial charge is 0.334 e. The lowest BCUT2D eigenvalue weighted by molar-refractivity contribution is 0.0786. The van der Waals surface area contributed by atoms with Gasteiger partial charge >= 0.3 is 0 Å². The molecule has 0 aliphatic carbocycles. The number of thiophene rings is 1. The third-order valence-corrected chi connectivity index (χ3v) is 5.23. The highest BCUT2D eigenvalue weighted by atomic mass is 32.1. The van der Waals surface area contributed by atoms with Crippen LogP contribution in [0.1, 0.15) is 39.3 Å². The average molecular weight is 355 g/mol. The van der Waals surface area contributed by atoms with Gasteiger partial charge in [0.2, 0.25) is 0 Å². The van der Waals surface area contributed by atoms with Crippen LogP contribution in [0, 0.1) is 6.92 Å². The lowest BCUT2D eigenvalue weighted by Crippen LogP contribution is -2.27. The van der Waals surface area contributed by atoms with E-state index in [1.165, 1.54) is 21.8 Å². The summed E-state index contributed by atoms with van der Waals surface area (Å²) >= 11 is 1.52. The zero-order valence-electron chi connectivity index (χ0n) is 14.6. The number of carbonyl (C=O) groups is 1. The summed E-state index contributed by atoms with van der Waals surface area (Å²) in [7, 11) is 1.73. The fourth-order valence-corrected chi connectivity index (χ4v) is 3.90. The van der Waals surface area contributed by atoms with Crippen LogP contribution in [0.3, 0.4) is 0 Å². The second-order valence-corrected chi connectivity index (χ2v) is 7.39. The maximum Gasteiger partial charge on any atom is 0.264 e. The molecule has 2 heterocycles. The van der Waals surface area contributed by atoms with Crippen molar-refractivity contribution in [3.05, 3.63) is 61.8 Å². The van der Waals surface area contributed by atoms with Crippen molar-refractivity contribution in [3.63, 3.8) is 0 Å². The molecule has 130 valence electrons.